The average molecular weight is 355 g/mol. The standard InChI is InChI=1S/C19H19ClN4O/c1-12(2)24-17-13(10-22-24)8-16(11-21-17)23-18(25)19(6-7-19)14-4-3-5-15(20)9-14/h3-5,8-12H,6-7H2,1-2H3,(H,23,25). The van der Waals surface area contributed by atoms with E-state index in [0.29, 0.717) is 10.7 Å². The van der Waals surface area contributed by atoms with Gasteiger partial charge in [-0.2, -0.15) is 5.10 Å². The predicted octanol–water partition coefficient (Wildman–Crippen LogP) is 4.34. The highest BCUT2D eigenvalue weighted by molar-refractivity contribution is 6.30. The molecular weight excluding hydrogens is 336 g/mol. The lowest BCUT2D eigenvalue weighted by atomic mass is 9.95. The molecule has 0 radical (unpaired) electrons. The molecule has 0 unspecified atom stereocenters. The zero-order valence-corrected chi connectivity index (χ0v) is 14.9. The lowest BCUT2D eigenvalue weighted by Gasteiger charge is -2.16. The van der Waals surface area contributed by atoms with Gasteiger partial charge >= 0.3 is 0 Å². The zero-order valence-electron chi connectivity index (χ0n) is 14.2. The number of nitrogens with one attached hydrogen (secondary N) is 1. The highest BCUT2D eigenvalue weighted by atomic mass is 35.5. The SMILES string of the molecule is CC(C)n1ncc2cc(NC(=O)C3(c4cccc(Cl)c4)CC3)cnc21. The molecule has 0 spiro atoms. The van der Waals surface area contributed by atoms with Gasteiger partial charge in [-0.25, -0.2) is 9.67 Å². The van der Waals surface area contributed by atoms with Crippen LogP contribution in [0.2, 0.25) is 5.02 Å². The largest absolute Gasteiger partial charge is 0.324 e. The molecule has 128 valence electrons. The van der Waals surface area contributed by atoms with Gasteiger partial charge in [0, 0.05) is 16.5 Å². The van der Waals surface area contributed by atoms with Gasteiger partial charge < -0.3 is 5.32 Å². The number of amides is 1. The van der Waals surface area contributed by atoms with Crippen LogP contribution in [0.25, 0.3) is 11.0 Å². The fourth-order valence-electron chi connectivity index (χ4n) is 3.20. The molecule has 1 amide bonds. The van der Waals surface area contributed by atoms with Gasteiger partial charge in [0.1, 0.15) is 0 Å². The third-order valence-electron chi connectivity index (χ3n) is 4.74. The number of aromatic nitrogens is 3. The molecule has 5 nitrogen and oxygen atoms in total. The Hall–Kier alpha value is -2.40. The highest BCUT2D eigenvalue weighted by Gasteiger charge is 2.51. The maximum atomic E-state index is 12.9. The number of anilines is 1. The molecule has 6 heteroatoms. The first-order valence-corrected chi connectivity index (χ1v) is 8.78. The van der Waals surface area contributed by atoms with Gasteiger partial charge in [0.25, 0.3) is 0 Å². The summed E-state index contributed by atoms with van der Waals surface area (Å²) >= 11 is 6.09. The van der Waals surface area contributed by atoms with E-state index >= 15 is 0 Å². The first kappa shape index (κ1) is 16.1. The molecule has 0 bridgehead atoms. The Balaban J connectivity index is 1.60. The number of benzene rings is 1. The number of nitrogens with zero attached hydrogens (tertiary/aromatic N) is 3. The number of fused-ring (bicyclic) bond motifs is 1. The van der Waals surface area contributed by atoms with Crippen molar-refractivity contribution in [3.8, 4) is 0 Å². The van der Waals surface area contributed by atoms with Crippen molar-refractivity contribution in [1.29, 1.82) is 0 Å². The van der Waals surface area contributed by atoms with Crippen LogP contribution in [0.15, 0.2) is 42.7 Å². The average Bonchev–Trinajstić information content (AvgIpc) is 3.29. The zero-order chi connectivity index (χ0) is 17.6. The first-order chi connectivity index (χ1) is 12.0. The summed E-state index contributed by atoms with van der Waals surface area (Å²) < 4.78 is 1.87. The van der Waals surface area contributed by atoms with Crippen LogP contribution in [0.1, 0.15) is 38.3 Å². The van der Waals surface area contributed by atoms with E-state index in [1.807, 2.05) is 35.0 Å². The minimum atomic E-state index is -0.470. The molecule has 0 saturated heterocycles. The molecular formula is C19H19ClN4O. The molecule has 1 N–H and O–H groups in total. The Bertz CT molecular complexity index is 959. The number of pyridine rings is 1. The van der Waals surface area contributed by atoms with Gasteiger partial charge in [-0.1, -0.05) is 23.7 Å². The van der Waals surface area contributed by atoms with Crippen LogP contribution < -0.4 is 5.32 Å². The molecule has 2 heterocycles. The van der Waals surface area contributed by atoms with E-state index in [4.69, 9.17) is 11.6 Å². The van der Waals surface area contributed by atoms with Crippen LogP contribution in [0.4, 0.5) is 5.69 Å². The Morgan fingerprint density at radius 2 is 2.08 bits per heavy atom. The minimum Gasteiger partial charge on any atom is -0.324 e. The van der Waals surface area contributed by atoms with Crippen molar-refractivity contribution < 1.29 is 4.79 Å². The second kappa shape index (κ2) is 5.85. The van der Waals surface area contributed by atoms with E-state index in [1.165, 1.54) is 0 Å². The molecule has 0 atom stereocenters. The van der Waals surface area contributed by atoms with E-state index in [-0.39, 0.29) is 11.9 Å². The first-order valence-electron chi connectivity index (χ1n) is 8.40. The molecule has 4 rings (SSSR count). The van der Waals surface area contributed by atoms with Crippen molar-refractivity contribution in [1.82, 2.24) is 14.8 Å². The third kappa shape index (κ3) is 2.78. The van der Waals surface area contributed by atoms with Crippen LogP contribution in [0.5, 0.6) is 0 Å². The van der Waals surface area contributed by atoms with Crippen molar-refractivity contribution >= 4 is 34.2 Å². The fourth-order valence-corrected chi connectivity index (χ4v) is 3.39. The molecule has 25 heavy (non-hydrogen) atoms. The lowest BCUT2D eigenvalue weighted by molar-refractivity contribution is -0.118. The van der Waals surface area contributed by atoms with E-state index in [0.717, 1.165) is 29.4 Å². The quantitative estimate of drug-likeness (QED) is 0.758. The molecule has 1 aliphatic carbocycles. The monoisotopic (exact) mass is 354 g/mol. The smallest absolute Gasteiger partial charge is 0.235 e. The van der Waals surface area contributed by atoms with Gasteiger partial charge in [-0.05, 0) is 50.5 Å². The maximum absolute atomic E-state index is 12.9. The number of hydrogen-bond acceptors (Lipinski definition) is 3. The molecule has 1 saturated carbocycles. The van der Waals surface area contributed by atoms with Gasteiger partial charge in [0.05, 0.1) is 23.5 Å². The van der Waals surface area contributed by atoms with Crippen molar-refractivity contribution in [2.24, 2.45) is 0 Å². The summed E-state index contributed by atoms with van der Waals surface area (Å²) in [5.74, 6) is -0.00725. The van der Waals surface area contributed by atoms with E-state index in [1.54, 1.807) is 12.4 Å². The lowest BCUT2D eigenvalue weighted by Crippen LogP contribution is -2.27. The van der Waals surface area contributed by atoms with Crippen LogP contribution >= 0.6 is 11.6 Å². The molecule has 2 aromatic heterocycles. The highest BCUT2D eigenvalue weighted by Crippen LogP contribution is 2.49. The number of hydrogen-bond donors (Lipinski definition) is 1. The van der Waals surface area contributed by atoms with Crippen molar-refractivity contribution in [3.05, 3.63) is 53.3 Å². The Kier molecular flexibility index (Phi) is 3.76. The normalized spacial score (nSPS) is 15.5. The Morgan fingerprint density at radius 3 is 2.76 bits per heavy atom. The number of rotatable bonds is 4. The Labute approximate surface area is 151 Å². The summed E-state index contributed by atoms with van der Waals surface area (Å²) in [6.45, 7) is 4.12. The summed E-state index contributed by atoms with van der Waals surface area (Å²) in [6, 6.07) is 9.71. The van der Waals surface area contributed by atoms with Gasteiger partial charge in [-0.15, -0.1) is 0 Å². The van der Waals surface area contributed by atoms with Crippen molar-refractivity contribution in [3.63, 3.8) is 0 Å². The van der Waals surface area contributed by atoms with Gasteiger partial charge in [-0.3, -0.25) is 4.79 Å². The third-order valence-corrected chi connectivity index (χ3v) is 4.98. The van der Waals surface area contributed by atoms with E-state index < -0.39 is 5.41 Å². The summed E-state index contributed by atoms with van der Waals surface area (Å²) in [7, 11) is 0. The number of halogens is 1. The van der Waals surface area contributed by atoms with Gasteiger partial charge in [0.15, 0.2) is 5.65 Å². The Morgan fingerprint density at radius 1 is 1.28 bits per heavy atom. The molecule has 1 fully saturated rings. The predicted molar refractivity (Wildman–Crippen MR) is 98.9 cm³/mol. The number of carbonyl (C=O) groups is 1. The number of carbonyl (C=O) groups excluding carboxylic acids is 1. The molecule has 3 aromatic rings. The summed E-state index contributed by atoms with van der Waals surface area (Å²) in [5, 5.41) is 8.94. The summed E-state index contributed by atoms with van der Waals surface area (Å²) in [4.78, 5) is 17.3. The van der Waals surface area contributed by atoms with Crippen LogP contribution in [-0.2, 0) is 10.2 Å². The minimum absolute atomic E-state index is 0.00725. The topological polar surface area (TPSA) is 59.8 Å². The maximum Gasteiger partial charge on any atom is 0.235 e. The van der Waals surface area contributed by atoms with E-state index in [2.05, 4.69) is 29.2 Å². The van der Waals surface area contributed by atoms with Crippen molar-refractivity contribution in [2.45, 2.75) is 38.1 Å². The summed E-state index contributed by atoms with van der Waals surface area (Å²) in [5.41, 5.74) is 2.01. The van der Waals surface area contributed by atoms with Crippen LogP contribution in [-0.4, -0.2) is 20.7 Å². The molecule has 1 aromatic carbocycles. The fraction of sp³-hybridized carbons (Fsp3) is 0.316. The summed E-state index contributed by atoms with van der Waals surface area (Å²) in [6.07, 6.45) is 5.14. The second-order valence-electron chi connectivity index (χ2n) is 6.87. The van der Waals surface area contributed by atoms with E-state index in [9.17, 15) is 4.79 Å². The second-order valence-corrected chi connectivity index (χ2v) is 7.30. The van der Waals surface area contributed by atoms with Crippen LogP contribution in [0, 0.1) is 0 Å². The van der Waals surface area contributed by atoms with Crippen molar-refractivity contribution in [2.75, 3.05) is 5.32 Å². The molecule has 1 aliphatic rings. The van der Waals surface area contributed by atoms with Crippen LogP contribution in [0.3, 0.4) is 0 Å². The van der Waals surface area contributed by atoms with Gasteiger partial charge in [0.2, 0.25) is 5.91 Å². The molecule has 0 aliphatic heterocycles.